The maximum Gasteiger partial charge on any atom is 0.307 e. The Morgan fingerprint density at radius 1 is 1.33 bits per heavy atom. The normalized spacial score (nSPS) is 24.4. The molecule has 96 valence electrons. The van der Waals surface area contributed by atoms with Crippen LogP contribution in [-0.2, 0) is 9.59 Å². The van der Waals surface area contributed by atoms with Gasteiger partial charge in [-0.2, -0.15) is 0 Å². The van der Waals surface area contributed by atoms with Crippen LogP contribution >= 0.6 is 0 Å². The summed E-state index contributed by atoms with van der Waals surface area (Å²) in [5, 5.41) is 11.7. The zero-order valence-corrected chi connectivity index (χ0v) is 10.6. The second kappa shape index (κ2) is 4.08. The summed E-state index contributed by atoms with van der Waals surface area (Å²) in [6, 6.07) is 3.55. The number of carboxylic acid groups (broad SMARTS) is 1. The Labute approximate surface area is 105 Å². The molecule has 1 saturated carbocycles. The molecule has 1 aliphatic rings. The maximum absolute atomic E-state index is 12.0. The molecule has 0 aromatic carbocycles. The number of carboxylic acids is 1. The highest BCUT2D eigenvalue weighted by atomic mass is 16.4. The van der Waals surface area contributed by atoms with E-state index in [0.29, 0.717) is 5.69 Å². The Bertz CT molecular complexity index is 493. The van der Waals surface area contributed by atoms with Gasteiger partial charge in [-0.1, -0.05) is 13.8 Å². The zero-order valence-electron chi connectivity index (χ0n) is 10.6. The number of pyridine rings is 1. The van der Waals surface area contributed by atoms with E-state index in [1.807, 2.05) is 6.92 Å². The van der Waals surface area contributed by atoms with Crippen molar-refractivity contribution in [2.75, 3.05) is 5.32 Å². The van der Waals surface area contributed by atoms with Crippen LogP contribution in [0, 0.1) is 24.2 Å². The first-order chi connectivity index (χ1) is 8.34. The third-order valence-electron chi connectivity index (χ3n) is 3.55. The summed E-state index contributed by atoms with van der Waals surface area (Å²) in [4.78, 5) is 27.1. The summed E-state index contributed by atoms with van der Waals surface area (Å²) in [6.07, 6.45) is 1.57. The van der Waals surface area contributed by atoms with Gasteiger partial charge in [-0.15, -0.1) is 0 Å². The van der Waals surface area contributed by atoms with Crippen LogP contribution in [0.1, 0.15) is 19.5 Å². The first-order valence-corrected chi connectivity index (χ1v) is 5.80. The zero-order chi connectivity index (χ0) is 13.5. The monoisotopic (exact) mass is 248 g/mol. The van der Waals surface area contributed by atoms with Gasteiger partial charge in [0.1, 0.15) is 0 Å². The number of nitrogens with one attached hydrogen (secondary N) is 1. The van der Waals surface area contributed by atoms with Crippen LogP contribution in [0.2, 0.25) is 0 Å². The van der Waals surface area contributed by atoms with E-state index in [0.717, 1.165) is 5.69 Å². The number of carbonyl (C=O) groups excluding carboxylic acids is 1. The van der Waals surface area contributed by atoms with E-state index in [-0.39, 0.29) is 5.91 Å². The van der Waals surface area contributed by atoms with E-state index in [9.17, 15) is 9.59 Å². The predicted octanol–water partition coefficient (Wildman–Crippen LogP) is 1.69. The van der Waals surface area contributed by atoms with E-state index in [2.05, 4.69) is 10.3 Å². The van der Waals surface area contributed by atoms with E-state index in [1.165, 1.54) is 0 Å². The molecule has 0 bridgehead atoms. The Kier molecular flexibility index (Phi) is 2.84. The molecule has 2 atom stereocenters. The molecular formula is C13H16N2O3. The molecule has 0 radical (unpaired) electrons. The van der Waals surface area contributed by atoms with Gasteiger partial charge >= 0.3 is 5.97 Å². The van der Waals surface area contributed by atoms with E-state index in [1.54, 1.807) is 32.2 Å². The Balaban J connectivity index is 2.06. The van der Waals surface area contributed by atoms with E-state index < -0.39 is 23.2 Å². The molecule has 1 amide bonds. The number of anilines is 1. The van der Waals surface area contributed by atoms with Crippen LogP contribution < -0.4 is 5.32 Å². The van der Waals surface area contributed by atoms with Crippen molar-refractivity contribution in [3.05, 3.63) is 24.0 Å². The lowest BCUT2D eigenvalue weighted by Gasteiger charge is -2.05. The van der Waals surface area contributed by atoms with Crippen LogP contribution in [0.4, 0.5) is 5.69 Å². The number of amides is 1. The van der Waals surface area contributed by atoms with Gasteiger partial charge in [0, 0.05) is 5.69 Å². The first kappa shape index (κ1) is 12.5. The first-order valence-electron chi connectivity index (χ1n) is 5.80. The molecular weight excluding hydrogens is 232 g/mol. The molecule has 1 aromatic heterocycles. The Morgan fingerprint density at radius 2 is 2.00 bits per heavy atom. The number of aliphatic carboxylic acids is 1. The standard InChI is InChI=1S/C13H16N2O3/c1-7-4-5-8(6-14-7)15-11(16)9-10(12(17)18)13(9,2)3/h4-6,9-10H,1-3H3,(H,15,16)(H,17,18). The van der Waals surface area contributed by atoms with Gasteiger partial charge in [-0.25, -0.2) is 0 Å². The molecule has 18 heavy (non-hydrogen) atoms. The largest absolute Gasteiger partial charge is 0.481 e. The molecule has 1 heterocycles. The lowest BCUT2D eigenvalue weighted by atomic mass is 10.1. The van der Waals surface area contributed by atoms with Crippen molar-refractivity contribution in [3.8, 4) is 0 Å². The highest BCUT2D eigenvalue weighted by Crippen LogP contribution is 2.58. The predicted molar refractivity (Wildman–Crippen MR) is 66.0 cm³/mol. The van der Waals surface area contributed by atoms with Gasteiger partial charge in [0.15, 0.2) is 0 Å². The fraction of sp³-hybridized carbons (Fsp3) is 0.462. The second-order valence-electron chi connectivity index (χ2n) is 5.29. The van der Waals surface area contributed by atoms with Gasteiger partial charge in [0.05, 0.1) is 23.7 Å². The third kappa shape index (κ3) is 2.08. The topological polar surface area (TPSA) is 79.3 Å². The number of aromatic nitrogens is 1. The van der Waals surface area contributed by atoms with Gasteiger partial charge in [0.25, 0.3) is 0 Å². The number of aryl methyl sites for hydroxylation is 1. The van der Waals surface area contributed by atoms with Crippen molar-refractivity contribution in [2.24, 2.45) is 17.3 Å². The minimum absolute atomic E-state index is 0.252. The highest BCUT2D eigenvalue weighted by Gasteiger charge is 2.65. The molecule has 5 nitrogen and oxygen atoms in total. The van der Waals surface area contributed by atoms with Crippen molar-refractivity contribution in [1.29, 1.82) is 0 Å². The maximum atomic E-state index is 12.0. The van der Waals surface area contributed by atoms with Crippen molar-refractivity contribution < 1.29 is 14.7 Å². The van der Waals surface area contributed by atoms with Crippen LogP contribution in [0.5, 0.6) is 0 Å². The summed E-state index contributed by atoms with van der Waals surface area (Å²) in [5.41, 5.74) is 0.981. The van der Waals surface area contributed by atoms with Gasteiger partial charge < -0.3 is 10.4 Å². The van der Waals surface area contributed by atoms with Crippen molar-refractivity contribution in [2.45, 2.75) is 20.8 Å². The van der Waals surface area contributed by atoms with Crippen molar-refractivity contribution >= 4 is 17.6 Å². The summed E-state index contributed by atoms with van der Waals surface area (Å²) in [6.45, 7) is 5.45. The molecule has 1 aromatic rings. The summed E-state index contributed by atoms with van der Waals surface area (Å²) >= 11 is 0. The van der Waals surface area contributed by atoms with Gasteiger partial charge in [-0.05, 0) is 24.5 Å². The van der Waals surface area contributed by atoms with E-state index in [4.69, 9.17) is 5.11 Å². The molecule has 1 fully saturated rings. The molecule has 0 aliphatic heterocycles. The molecule has 2 unspecified atom stereocenters. The van der Waals surface area contributed by atoms with Gasteiger partial charge in [0.2, 0.25) is 5.91 Å². The number of carbonyl (C=O) groups is 2. The number of hydrogen-bond donors (Lipinski definition) is 2. The molecule has 1 aliphatic carbocycles. The summed E-state index contributed by atoms with van der Waals surface area (Å²) < 4.78 is 0. The third-order valence-corrected chi connectivity index (χ3v) is 3.55. The molecule has 2 rings (SSSR count). The highest BCUT2D eigenvalue weighted by molar-refractivity contribution is 5.99. The van der Waals surface area contributed by atoms with Crippen LogP contribution in [0.15, 0.2) is 18.3 Å². The van der Waals surface area contributed by atoms with Gasteiger partial charge in [-0.3, -0.25) is 14.6 Å². The number of nitrogens with zero attached hydrogens (tertiary/aromatic N) is 1. The summed E-state index contributed by atoms with van der Waals surface area (Å²) in [5.74, 6) is -2.24. The lowest BCUT2D eigenvalue weighted by Crippen LogP contribution is -2.17. The quantitative estimate of drug-likeness (QED) is 0.853. The average molecular weight is 248 g/mol. The smallest absolute Gasteiger partial charge is 0.307 e. The van der Waals surface area contributed by atoms with Crippen LogP contribution in [-0.4, -0.2) is 22.0 Å². The number of rotatable bonds is 3. The van der Waals surface area contributed by atoms with Crippen molar-refractivity contribution in [3.63, 3.8) is 0 Å². The second-order valence-corrected chi connectivity index (χ2v) is 5.29. The lowest BCUT2D eigenvalue weighted by molar-refractivity contribution is -0.140. The summed E-state index contributed by atoms with van der Waals surface area (Å²) in [7, 11) is 0. The minimum atomic E-state index is -0.915. The Hall–Kier alpha value is -1.91. The minimum Gasteiger partial charge on any atom is -0.481 e. The molecule has 2 N–H and O–H groups in total. The molecule has 0 saturated heterocycles. The molecule has 5 heteroatoms. The average Bonchev–Trinajstić information content (AvgIpc) is 2.85. The number of hydrogen-bond acceptors (Lipinski definition) is 3. The SMILES string of the molecule is Cc1ccc(NC(=O)C2C(C(=O)O)C2(C)C)cn1. The van der Waals surface area contributed by atoms with Crippen LogP contribution in [0.3, 0.4) is 0 Å². The molecule has 0 spiro atoms. The fourth-order valence-corrected chi connectivity index (χ4v) is 2.35. The van der Waals surface area contributed by atoms with Crippen LogP contribution in [0.25, 0.3) is 0 Å². The van der Waals surface area contributed by atoms with E-state index >= 15 is 0 Å². The fourth-order valence-electron chi connectivity index (χ4n) is 2.35. The Morgan fingerprint density at radius 3 is 2.44 bits per heavy atom. The van der Waals surface area contributed by atoms with Crippen molar-refractivity contribution in [1.82, 2.24) is 4.98 Å².